The van der Waals surface area contributed by atoms with Crippen LogP contribution in [0.5, 0.6) is 0 Å². The summed E-state index contributed by atoms with van der Waals surface area (Å²) in [5.41, 5.74) is 3.95. The van der Waals surface area contributed by atoms with Crippen molar-refractivity contribution in [3.05, 3.63) is 89.7 Å². The number of nitrogens with one attached hydrogen (secondary N) is 1. The van der Waals surface area contributed by atoms with Gasteiger partial charge in [-0.15, -0.1) is 0 Å². The van der Waals surface area contributed by atoms with E-state index in [4.69, 9.17) is 0 Å². The third-order valence-electron chi connectivity index (χ3n) is 4.70. The van der Waals surface area contributed by atoms with Crippen LogP contribution < -0.4 is 5.32 Å². The van der Waals surface area contributed by atoms with Crippen molar-refractivity contribution >= 4 is 17.2 Å². The molecule has 4 nitrogen and oxygen atoms in total. The van der Waals surface area contributed by atoms with Gasteiger partial charge in [0.15, 0.2) is 0 Å². The molecule has 0 aliphatic heterocycles. The van der Waals surface area contributed by atoms with Crippen molar-refractivity contribution in [2.24, 2.45) is 0 Å². The zero-order valence-electron chi connectivity index (χ0n) is 16.1. The molecule has 1 N–H and O–H groups in total. The standard InChI is InChI=1S/C23H18F3N3O/c1-15-9-10-29-14-20(28-21(29)11-15)17-3-2-4-19(13-17)27-22(30)12-16-5-7-18(8-6-16)23(24,25)26/h2-11,13-14H,12H2,1H3,(H,27,30). The number of benzene rings is 2. The summed E-state index contributed by atoms with van der Waals surface area (Å²) in [6, 6.07) is 15.9. The van der Waals surface area contributed by atoms with Gasteiger partial charge in [0.25, 0.3) is 0 Å². The normalized spacial score (nSPS) is 11.6. The first-order valence-corrected chi connectivity index (χ1v) is 9.30. The number of nitrogens with zero attached hydrogens (tertiary/aromatic N) is 2. The molecule has 152 valence electrons. The van der Waals surface area contributed by atoms with Crippen LogP contribution in [0, 0.1) is 6.92 Å². The fourth-order valence-corrected chi connectivity index (χ4v) is 3.18. The first-order chi connectivity index (χ1) is 14.3. The summed E-state index contributed by atoms with van der Waals surface area (Å²) < 4.78 is 39.9. The number of aromatic nitrogens is 2. The van der Waals surface area contributed by atoms with Gasteiger partial charge in [-0.25, -0.2) is 4.98 Å². The summed E-state index contributed by atoms with van der Waals surface area (Å²) in [5.74, 6) is -0.308. The number of carbonyl (C=O) groups excluding carboxylic acids is 1. The van der Waals surface area contributed by atoms with Crippen LogP contribution in [0.4, 0.5) is 18.9 Å². The van der Waals surface area contributed by atoms with Crippen molar-refractivity contribution in [3.8, 4) is 11.3 Å². The molecule has 7 heteroatoms. The molecule has 0 atom stereocenters. The van der Waals surface area contributed by atoms with Gasteiger partial charge >= 0.3 is 6.18 Å². The predicted octanol–water partition coefficient (Wildman–Crippen LogP) is 5.51. The summed E-state index contributed by atoms with van der Waals surface area (Å²) in [4.78, 5) is 17.0. The van der Waals surface area contributed by atoms with Gasteiger partial charge in [-0.3, -0.25) is 4.79 Å². The molecule has 0 saturated heterocycles. The zero-order valence-corrected chi connectivity index (χ0v) is 16.1. The van der Waals surface area contributed by atoms with Crippen LogP contribution in [0.25, 0.3) is 16.9 Å². The van der Waals surface area contributed by atoms with Gasteiger partial charge < -0.3 is 9.72 Å². The number of halogens is 3. The molecule has 2 aromatic carbocycles. The fraction of sp³-hybridized carbons (Fsp3) is 0.130. The Morgan fingerprint density at radius 3 is 2.57 bits per heavy atom. The topological polar surface area (TPSA) is 46.4 Å². The number of alkyl halides is 3. The Morgan fingerprint density at radius 2 is 1.83 bits per heavy atom. The van der Waals surface area contributed by atoms with E-state index < -0.39 is 11.7 Å². The van der Waals surface area contributed by atoms with Gasteiger partial charge in [0.1, 0.15) is 5.65 Å². The van der Waals surface area contributed by atoms with Crippen LogP contribution in [-0.4, -0.2) is 15.3 Å². The molecule has 0 aliphatic rings. The van der Waals surface area contributed by atoms with E-state index in [1.807, 2.05) is 54.0 Å². The molecule has 0 bridgehead atoms. The van der Waals surface area contributed by atoms with Crippen molar-refractivity contribution in [1.29, 1.82) is 0 Å². The third-order valence-corrected chi connectivity index (χ3v) is 4.70. The minimum Gasteiger partial charge on any atom is -0.326 e. The van der Waals surface area contributed by atoms with Gasteiger partial charge in [0, 0.05) is 23.6 Å². The summed E-state index contributed by atoms with van der Waals surface area (Å²) in [6.45, 7) is 2.00. The lowest BCUT2D eigenvalue weighted by Crippen LogP contribution is -2.14. The minimum absolute atomic E-state index is 0.0179. The maximum Gasteiger partial charge on any atom is 0.416 e. The van der Waals surface area contributed by atoms with Gasteiger partial charge in [0.2, 0.25) is 5.91 Å². The Labute approximate surface area is 171 Å². The number of hydrogen-bond acceptors (Lipinski definition) is 2. The molecular formula is C23H18F3N3O. The maximum absolute atomic E-state index is 12.6. The largest absolute Gasteiger partial charge is 0.416 e. The monoisotopic (exact) mass is 409 g/mol. The van der Waals surface area contributed by atoms with E-state index in [0.717, 1.165) is 34.6 Å². The van der Waals surface area contributed by atoms with Crippen LogP contribution in [0.15, 0.2) is 73.1 Å². The number of pyridine rings is 1. The maximum atomic E-state index is 12.6. The SMILES string of the molecule is Cc1ccn2cc(-c3cccc(NC(=O)Cc4ccc(C(F)(F)F)cc4)c3)nc2c1. The summed E-state index contributed by atoms with van der Waals surface area (Å²) in [7, 11) is 0. The second-order valence-corrected chi connectivity index (χ2v) is 7.10. The smallest absolute Gasteiger partial charge is 0.326 e. The van der Waals surface area contributed by atoms with Crippen LogP contribution in [0.1, 0.15) is 16.7 Å². The summed E-state index contributed by atoms with van der Waals surface area (Å²) in [5, 5.41) is 2.79. The first-order valence-electron chi connectivity index (χ1n) is 9.30. The van der Waals surface area contributed by atoms with Gasteiger partial charge in [0.05, 0.1) is 17.7 Å². The lowest BCUT2D eigenvalue weighted by Gasteiger charge is -2.09. The predicted molar refractivity (Wildman–Crippen MR) is 109 cm³/mol. The van der Waals surface area contributed by atoms with E-state index in [1.54, 1.807) is 6.07 Å². The van der Waals surface area contributed by atoms with E-state index in [0.29, 0.717) is 11.3 Å². The second-order valence-electron chi connectivity index (χ2n) is 7.10. The number of hydrogen-bond donors (Lipinski definition) is 1. The third kappa shape index (κ3) is 4.35. The van der Waals surface area contributed by atoms with E-state index >= 15 is 0 Å². The molecule has 4 rings (SSSR count). The van der Waals surface area contributed by atoms with Crippen LogP contribution >= 0.6 is 0 Å². The molecule has 2 heterocycles. The van der Waals surface area contributed by atoms with E-state index in [9.17, 15) is 18.0 Å². The minimum atomic E-state index is -4.39. The van der Waals surface area contributed by atoms with Crippen molar-refractivity contribution in [2.75, 3.05) is 5.32 Å². The Kier molecular flexibility index (Phi) is 5.03. The Bertz CT molecular complexity index is 1210. The van der Waals surface area contributed by atoms with E-state index in [2.05, 4.69) is 10.3 Å². The van der Waals surface area contributed by atoms with Crippen molar-refractivity contribution in [2.45, 2.75) is 19.5 Å². The van der Waals surface area contributed by atoms with Gasteiger partial charge in [-0.2, -0.15) is 13.2 Å². The molecule has 30 heavy (non-hydrogen) atoms. The summed E-state index contributed by atoms with van der Waals surface area (Å²) >= 11 is 0. The number of aryl methyl sites for hydroxylation is 1. The molecule has 0 fully saturated rings. The number of amides is 1. The van der Waals surface area contributed by atoms with E-state index in [1.165, 1.54) is 12.1 Å². The Morgan fingerprint density at radius 1 is 1.07 bits per heavy atom. The highest BCUT2D eigenvalue weighted by Crippen LogP contribution is 2.29. The van der Waals surface area contributed by atoms with Crippen LogP contribution in [-0.2, 0) is 17.4 Å². The lowest BCUT2D eigenvalue weighted by atomic mass is 10.1. The first kappa shape index (κ1) is 19.7. The average molecular weight is 409 g/mol. The van der Waals surface area contributed by atoms with Crippen molar-refractivity contribution in [3.63, 3.8) is 0 Å². The van der Waals surface area contributed by atoms with E-state index in [-0.39, 0.29) is 12.3 Å². The quantitative estimate of drug-likeness (QED) is 0.483. The lowest BCUT2D eigenvalue weighted by molar-refractivity contribution is -0.137. The molecular weight excluding hydrogens is 391 g/mol. The van der Waals surface area contributed by atoms with Crippen molar-refractivity contribution in [1.82, 2.24) is 9.38 Å². The molecule has 0 aliphatic carbocycles. The number of carbonyl (C=O) groups is 1. The van der Waals surface area contributed by atoms with Crippen molar-refractivity contribution < 1.29 is 18.0 Å². The molecule has 4 aromatic rings. The summed E-state index contributed by atoms with van der Waals surface area (Å²) in [6.07, 6.45) is -0.553. The molecule has 2 aromatic heterocycles. The average Bonchev–Trinajstić information content (AvgIpc) is 3.11. The molecule has 0 radical (unpaired) electrons. The van der Waals surface area contributed by atoms with Crippen LogP contribution in [0.3, 0.4) is 0 Å². The second kappa shape index (κ2) is 7.67. The molecule has 1 amide bonds. The molecule has 0 spiro atoms. The molecule has 0 unspecified atom stereocenters. The highest BCUT2D eigenvalue weighted by molar-refractivity contribution is 5.92. The number of anilines is 1. The highest BCUT2D eigenvalue weighted by atomic mass is 19.4. The number of rotatable bonds is 4. The van der Waals surface area contributed by atoms with Gasteiger partial charge in [-0.05, 0) is 54.4 Å². The highest BCUT2D eigenvalue weighted by Gasteiger charge is 2.29. The number of imidazole rings is 1. The Hall–Kier alpha value is -3.61. The molecule has 0 saturated carbocycles. The van der Waals surface area contributed by atoms with Gasteiger partial charge in [-0.1, -0.05) is 24.3 Å². The fourth-order valence-electron chi connectivity index (χ4n) is 3.18. The zero-order chi connectivity index (χ0) is 21.3. The number of fused-ring (bicyclic) bond motifs is 1. The Balaban J connectivity index is 1.47. The van der Waals surface area contributed by atoms with Crippen LogP contribution in [0.2, 0.25) is 0 Å².